The number of fused-ring (bicyclic) bond motifs is 2. The van der Waals surface area contributed by atoms with Gasteiger partial charge in [-0.1, -0.05) is 6.07 Å². The Kier molecular flexibility index (Phi) is 3.98. The Labute approximate surface area is 163 Å². The number of benzene rings is 1. The van der Waals surface area contributed by atoms with Crippen LogP contribution < -0.4 is 15.8 Å². The van der Waals surface area contributed by atoms with Crippen molar-refractivity contribution in [2.24, 2.45) is 0 Å². The van der Waals surface area contributed by atoms with Crippen LogP contribution in [0.1, 0.15) is 13.8 Å². The van der Waals surface area contributed by atoms with Gasteiger partial charge in [-0.15, -0.1) is 0 Å². The van der Waals surface area contributed by atoms with Gasteiger partial charge in [-0.05, 0) is 50.2 Å². The average Bonchev–Trinajstić information content (AvgIpc) is 3.10. The van der Waals surface area contributed by atoms with E-state index in [1.54, 1.807) is 0 Å². The molecule has 0 amide bonds. The Morgan fingerprint density at radius 2 is 1.86 bits per heavy atom. The van der Waals surface area contributed by atoms with Gasteiger partial charge in [0.15, 0.2) is 0 Å². The second-order valence-electron chi connectivity index (χ2n) is 7.80. The van der Waals surface area contributed by atoms with Crippen LogP contribution in [0.5, 0.6) is 0 Å². The number of pyridine rings is 1. The van der Waals surface area contributed by atoms with Gasteiger partial charge < -0.3 is 19.0 Å². The van der Waals surface area contributed by atoms with E-state index in [9.17, 15) is 4.79 Å². The van der Waals surface area contributed by atoms with E-state index in [1.807, 2.05) is 59.3 Å². The highest BCUT2D eigenvalue weighted by atomic mass is 16.4. The van der Waals surface area contributed by atoms with Crippen LogP contribution >= 0.6 is 0 Å². The zero-order valence-electron chi connectivity index (χ0n) is 16.1. The zero-order valence-corrected chi connectivity index (χ0v) is 16.1. The molecule has 1 N–H and O–H groups in total. The van der Waals surface area contributed by atoms with E-state index >= 15 is 0 Å². The summed E-state index contributed by atoms with van der Waals surface area (Å²) in [6, 6.07) is 16.9. The van der Waals surface area contributed by atoms with Crippen molar-refractivity contribution in [3.8, 4) is 11.1 Å². The molecule has 5 heteroatoms. The maximum absolute atomic E-state index is 12.7. The van der Waals surface area contributed by atoms with Gasteiger partial charge in [-0.3, -0.25) is 0 Å². The monoisotopic (exact) mass is 373 g/mol. The summed E-state index contributed by atoms with van der Waals surface area (Å²) in [6.45, 7) is 6.26. The molecule has 142 valence electrons. The molecular formula is C23H23N3O2. The Balaban J connectivity index is 1.55. The summed E-state index contributed by atoms with van der Waals surface area (Å²) in [5, 5.41) is 4.48. The molecule has 3 aromatic heterocycles. The molecule has 28 heavy (non-hydrogen) atoms. The second-order valence-corrected chi connectivity index (χ2v) is 7.80. The van der Waals surface area contributed by atoms with Crippen LogP contribution in [-0.2, 0) is 0 Å². The lowest BCUT2D eigenvalue weighted by molar-refractivity contribution is 0.407. The number of nitrogens with zero attached hydrogens (tertiary/aromatic N) is 2. The maximum Gasteiger partial charge on any atom is 0.344 e. The highest BCUT2D eigenvalue weighted by Gasteiger charge is 2.21. The van der Waals surface area contributed by atoms with Crippen LogP contribution in [0.3, 0.4) is 0 Å². The van der Waals surface area contributed by atoms with E-state index in [4.69, 9.17) is 4.42 Å². The lowest BCUT2D eigenvalue weighted by Crippen LogP contribution is -2.54. The van der Waals surface area contributed by atoms with E-state index in [-0.39, 0.29) is 5.63 Å². The topological polar surface area (TPSA) is 49.9 Å². The first-order valence-electron chi connectivity index (χ1n) is 9.73. The summed E-state index contributed by atoms with van der Waals surface area (Å²) < 4.78 is 7.73. The molecule has 0 aliphatic carbocycles. The smallest absolute Gasteiger partial charge is 0.344 e. The molecule has 1 aliphatic rings. The number of anilines is 1. The molecule has 1 unspecified atom stereocenters. The Morgan fingerprint density at radius 1 is 1.04 bits per heavy atom. The SMILES string of the molecule is CC1CN(c2ccc3cc(-c4cc5ccccn5c4)c(=O)oc3c2)C[C@@H](C)N1. The number of piperazine rings is 1. The summed E-state index contributed by atoms with van der Waals surface area (Å²) in [4.78, 5) is 15.0. The molecule has 1 aliphatic heterocycles. The lowest BCUT2D eigenvalue weighted by Gasteiger charge is -2.37. The fourth-order valence-corrected chi connectivity index (χ4v) is 4.24. The van der Waals surface area contributed by atoms with E-state index in [0.29, 0.717) is 23.2 Å². The van der Waals surface area contributed by atoms with Gasteiger partial charge in [-0.25, -0.2) is 4.79 Å². The molecule has 1 fully saturated rings. The van der Waals surface area contributed by atoms with Crippen molar-refractivity contribution in [2.45, 2.75) is 25.9 Å². The summed E-state index contributed by atoms with van der Waals surface area (Å²) in [5.41, 5.74) is 3.94. The number of hydrogen-bond acceptors (Lipinski definition) is 4. The molecule has 2 atom stereocenters. The number of aromatic nitrogens is 1. The first-order chi connectivity index (χ1) is 13.6. The second kappa shape index (κ2) is 6.53. The van der Waals surface area contributed by atoms with Crippen LogP contribution in [0, 0.1) is 0 Å². The third-order valence-corrected chi connectivity index (χ3v) is 5.46. The maximum atomic E-state index is 12.7. The molecule has 1 aromatic carbocycles. The van der Waals surface area contributed by atoms with E-state index in [2.05, 4.69) is 30.1 Å². The molecule has 0 saturated carbocycles. The standard InChI is InChI=1S/C23H23N3O2/c1-15-12-26(13-16(2)24-15)20-7-6-17-10-21(23(27)28-22(17)11-20)18-9-19-5-3-4-8-25(19)14-18/h3-11,14-16,24H,12-13H2,1-2H3/t15-,16?/m1/s1. The Bertz CT molecular complexity index is 1180. The third-order valence-electron chi connectivity index (χ3n) is 5.46. The van der Waals surface area contributed by atoms with Crippen LogP contribution in [0.25, 0.3) is 27.6 Å². The molecule has 4 heterocycles. The summed E-state index contributed by atoms with van der Waals surface area (Å²) >= 11 is 0. The summed E-state index contributed by atoms with van der Waals surface area (Å²) in [7, 11) is 0. The van der Waals surface area contributed by atoms with E-state index in [0.717, 1.165) is 35.2 Å². The number of nitrogens with one attached hydrogen (secondary N) is 1. The minimum atomic E-state index is -0.303. The van der Waals surface area contributed by atoms with Crippen LogP contribution in [-0.4, -0.2) is 29.6 Å². The van der Waals surface area contributed by atoms with Crippen LogP contribution in [0.15, 0.2) is 70.1 Å². The van der Waals surface area contributed by atoms with Crippen molar-refractivity contribution >= 4 is 22.2 Å². The zero-order chi connectivity index (χ0) is 19.3. The Morgan fingerprint density at radius 3 is 2.64 bits per heavy atom. The Hall–Kier alpha value is -3.05. The van der Waals surface area contributed by atoms with Gasteiger partial charge in [0.1, 0.15) is 5.58 Å². The molecule has 5 rings (SSSR count). The summed E-state index contributed by atoms with van der Waals surface area (Å²) in [6.07, 6.45) is 3.94. The fraction of sp³-hybridized carbons (Fsp3) is 0.261. The van der Waals surface area contributed by atoms with Crippen molar-refractivity contribution in [2.75, 3.05) is 18.0 Å². The van der Waals surface area contributed by atoms with Crippen molar-refractivity contribution in [3.05, 3.63) is 71.3 Å². The molecule has 4 aromatic rings. The predicted octanol–water partition coefficient (Wildman–Crippen LogP) is 3.90. The molecule has 0 radical (unpaired) electrons. The lowest BCUT2D eigenvalue weighted by atomic mass is 10.1. The normalized spacial score (nSPS) is 20.1. The van der Waals surface area contributed by atoms with E-state index in [1.165, 1.54) is 0 Å². The van der Waals surface area contributed by atoms with Gasteiger partial charge in [0, 0.05) is 65.8 Å². The number of rotatable bonds is 2. The van der Waals surface area contributed by atoms with Gasteiger partial charge in [-0.2, -0.15) is 0 Å². The first-order valence-corrected chi connectivity index (χ1v) is 9.73. The van der Waals surface area contributed by atoms with Crippen molar-refractivity contribution in [1.29, 1.82) is 0 Å². The fourth-order valence-electron chi connectivity index (χ4n) is 4.24. The molecule has 0 spiro atoms. The van der Waals surface area contributed by atoms with Crippen LogP contribution in [0.4, 0.5) is 5.69 Å². The first kappa shape index (κ1) is 17.1. The quantitative estimate of drug-likeness (QED) is 0.542. The number of hydrogen-bond donors (Lipinski definition) is 1. The highest BCUT2D eigenvalue weighted by Crippen LogP contribution is 2.27. The molecule has 0 bridgehead atoms. The summed E-state index contributed by atoms with van der Waals surface area (Å²) in [5.74, 6) is 0. The predicted molar refractivity (Wildman–Crippen MR) is 113 cm³/mol. The van der Waals surface area contributed by atoms with Gasteiger partial charge in [0.2, 0.25) is 0 Å². The van der Waals surface area contributed by atoms with Crippen molar-refractivity contribution in [1.82, 2.24) is 9.72 Å². The van der Waals surface area contributed by atoms with Gasteiger partial charge >= 0.3 is 5.63 Å². The molecule has 5 nitrogen and oxygen atoms in total. The highest BCUT2D eigenvalue weighted by molar-refractivity contribution is 5.85. The third kappa shape index (κ3) is 2.98. The van der Waals surface area contributed by atoms with Gasteiger partial charge in [0.25, 0.3) is 0 Å². The minimum Gasteiger partial charge on any atom is -0.422 e. The van der Waals surface area contributed by atoms with Crippen molar-refractivity contribution < 1.29 is 4.42 Å². The van der Waals surface area contributed by atoms with Crippen LogP contribution in [0.2, 0.25) is 0 Å². The largest absolute Gasteiger partial charge is 0.422 e. The molecule has 1 saturated heterocycles. The van der Waals surface area contributed by atoms with Gasteiger partial charge in [0.05, 0.1) is 5.56 Å². The minimum absolute atomic E-state index is 0.303. The van der Waals surface area contributed by atoms with E-state index < -0.39 is 0 Å². The average molecular weight is 373 g/mol. The molecular weight excluding hydrogens is 350 g/mol. The van der Waals surface area contributed by atoms with Crippen molar-refractivity contribution in [3.63, 3.8) is 0 Å².